The number of amides is 1. The van der Waals surface area contributed by atoms with Crippen LogP contribution in [0.25, 0.3) is 0 Å². The van der Waals surface area contributed by atoms with Crippen molar-refractivity contribution in [3.05, 3.63) is 54.6 Å². The zero-order valence-corrected chi connectivity index (χ0v) is 18.7. The van der Waals surface area contributed by atoms with E-state index < -0.39 is 0 Å². The maximum Gasteiger partial charge on any atom is 0.241 e. The summed E-state index contributed by atoms with van der Waals surface area (Å²) in [4.78, 5) is 15.1. The first-order valence-electron chi connectivity index (χ1n) is 10.6. The van der Waals surface area contributed by atoms with Crippen LogP contribution < -0.4 is 9.64 Å². The maximum absolute atomic E-state index is 13.1. The van der Waals surface area contributed by atoms with Gasteiger partial charge < -0.3 is 4.74 Å². The Balaban J connectivity index is 1.55. The number of ether oxygens (including phenoxy) is 1. The van der Waals surface area contributed by atoms with Gasteiger partial charge in [-0.25, -0.2) is 0 Å². The Kier molecular flexibility index (Phi) is 5.41. The van der Waals surface area contributed by atoms with Gasteiger partial charge in [0.05, 0.1) is 10.1 Å². The summed E-state index contributed by atoms with van der Waals surface area (Å²) >= 11 is 1.86. The van der Waals surface area contributed by atoms with E-state index in [2.05, 4.69) is 32.6 Å². The molecule has 154 valence electrons. The molecular formula is C25H31NO2S. The molecule has 1 aliphatic heterocycles. The number of carbonyl (C=O) groups excluding carboxylic acids is 1. The minimum atomic E-state index is -0.0972. The van der Waals surface area contributed by atoms with Gasteiger partial charge in [-0.15, -0.1) is 11.8 Å². The molecule has 2 aromatic rings. The van der Waals surface area contributed by atoms with Crippen molar-refractivity contribution < 1.29 is 9.53 Å². The Hall–Kier alpha value is -1.94. The Labute approximate surface area is 178 Å². The van der Waals surface area contributed by atoms with Gasteiger partial charge in [-0.2, -0.15) is 0 Å². The van der Waals surface area contributed by atoms with Crippen LogP contribution in [0, 0.1) is 11.3 Å². The second-order valence-corrected chi connectivity index (χ2v) is 11.1. The van der Waals surface area contributed by atoms with Crippen molar-refractivity contribution in [3.8, 4) is 11.5 Å². The summed E-state index contributed by atoms with van der Waals surface area (Å²) in [5.41, 5.74) is 1.32. The highest BCUT2D eigenvalue weighted by Gasteiger charge is 2.52. The van der Waals surface area contributed by atoms with Crippen molar-refractivity contribution in [2.45, 2.75) is 63.5 Å². The number of rotatable bonds is 3. The van der Waals surface area contributed by atoms with Crippen LogP contribution in [-0.4, -0.2) is 16.0 Å². The van der Waals surface area contributed by atoms with Gasteiger partial charge in [0.1, 0.15) is 11.5 Å². The molecule has 29 heavy (non-hydrogen) atoms. The predicted octanol–water partition coefficient (Wildman–Crippen LogP) is 6.88. The second kappa shape index (κ2) is 7.71. The molecule has 2 aromatic carbocycles. The molecule has 1 saturated heterocycles. The maximum atomic E-state index is 13.1. The lowest BCUT2D eigenvalue weighted by Gasteiger charge is -2.45. The van der Waals surface area contributed by atoms with Crippen LogP contribution in [0.15, 0.2) is 54.6 Å². The average Bonchev–Trinajstić information content (AvgIpc) is 2.93. The molecular weight excluding hydrogens is 378 g/mol. The summed E-state index contributed by atoms with van der Waals surface area (Å²) in [5.74, 6) is 2.57. The van der Waals surface area contributed by atoms with E-state index in [1.165, 1.54) is 12.8 Å². The first kappa shape index (κ1) is 20.3. The van der Waals surface area contributed by atoms with E-state index in [-0.39, 0.29) is 16.0 Å². The highest BCUT2D eigenvalue weighted by Crippen LogP contribution is 2.54. The van der Waals surface area contributed by atoms with E-state index in [4.69, 9.17) is 4.74 Å². The standard InChI is InChI=1S/C25H31NO2S/c1-18-23(27)26(25(29-18)16-14-19(15-17-25)24(2,3)4)20-10-12-22(13-11-20)28-21-8-6-5-7-9-21/h5-13,18-19H,14-17H2,1-4H3. The van der Waals surface area contributed by atoms with Gasteiger partial charge in [0.25, 0.3) is 0 Å². The molecule has 4 rings (SSSR count). The van der Waals surface area contributed by atoms with E-state index in [0.29, 0.717) is 5.41 Å². The van der Waals surface area contributed by atoms with E-state index in [9.17, 15) is 4.79 Å². The molecule has 0 bridgehead atoms. The van der Waals surface area contributed by atoms with Gasteiger partial charge in [-0.3, -0.25) is 9.69 Å². The lowest BCUT2D eigenvalue weighted by Crippen LogP contribution is -2.48. The van der Waals surface area contributed by atoms with Crippen LogP contribution in [0.4, 0.5) is 5.69 Å². The molecule has 1 atom stereocenters. The van der Waals surface area contributed by atoms with E-state index in [1.807, 2.05) is 66.4 Å². The number of thioether (sulfide) groups is 1. The zero-order chi connectivity index (χ0) is 20.6. The summed E-state index contributed by atoms with van der Waals surface area (Å²) in [6.07, 6.45) is 4.50. The third-order valence-corrected chi connectivity index (χ3v) is 8.02. The first-order valence-corrected chi connectivity index (χ1v) is 11.5. The van der Waals surface area contributed by atoms with Crippen molar-refractivity contribution in [3.63, 3.8) is 0 Å². The number of benzene rings is 2. The van der Waals surface area contributed by atoms with Crippen molar-refractivity contribution in [1.29, 1.82) is 0 Å². The number of para-hydroxylation sites is 1. The predicted molar refractivity (Wildman–Crippen MR) is 122 cm³/mol. The minimum absolute atomic E-state index is 0.0152. The van der Waals surface area contributed by atoms with Crippen molar-refractivity contribution >= 4 is 23.4 Å². The van der Waals surface area contributed by atoms with Crippen LogP contribution in [0.3, 0.4) is 0 Å². The van der Waals surface area contributed by atoms with Gasteiger partial charge in [0, 0.05) is 5.69 Å². The minimum Gasteiger partial charge on any atom is -0.457 e. The lowest BCUT2D eigenvalue weighted by atomic mass is 9.71. The van der Waals surface area contributed by atoms with Crippen LogP contribution in [0.2, 0.25) is 0 Å². The lowest BCUT2D eigenvalue weighted by molar-refractivity contribution is -0.118. The number of carbonyl (C=O) groups is 1. The monoisotopic (exact) mass is 409 g/mol. The van der Waals surface area contributed by atoms with Crippen molar-refractivity contribution in [1.82, 2.24) is 0 Å². The van der Waals surface area contributed by atoms with Crippen molar-refractivity contribution in [2.75, 3.05) is 4.90 Å². The van der Waals surface area contributed by atoms with Crippen LogP contribution >= 0.6 is 11.8 Å². The third-order valence-electron chi connectivity index (χ3n) is 6.44. The summed E-state index contributed by atoms with van der Waals surface area (Å²) in [5, 5.41) is 0.0152. The molecule has 1 heterocycles. The quantitative estimate of drug-likeness (QED) is 0.553. The molecule has 0 aromatic heterocycles. The summed E-state index contributed by atoms with van der Waals surface area (Å²) in [7, 11) is 0. The fourth-order valence-corrected chi connectivity index (χ4v) is 6.38. The molecule has 1 saturated carbocycles. The molecule has 2 aliphatic rings. The molecule has 0 radical (unpaired) electrons. The van der Waals surface area contributed by atoms with Crippen molar-refractivity contribution in [2.24, 2.45) is 11.3 Å². The van der Waals surface area contributed by atoms with Gasteiger partial charge in [0.15, 0.2) is 0 Å². The van der Waals surface area contributed by atoms with Crippen LogP contribution in [0.5, 0.6) is 11.5 Å². The molecule has 2 fully saturated rings. The summed E-state index contributed by atoms with van der Waals surface area (Å²) in [6.45, 7) is 9.08. The molecule has 3 nitrogen and oxygen atoms in total. The summed E-state index contributed by atoms with van der Waals surface area (Å²) < 4.78 is 5.92. The average molecular weight is 410 g/mol. The summed E-state index contributed by atoms with van der Waals surface area (Å²) in [6, 6.07) is 17.8. The molecule has 1 aliphatic carbocycles. The van der Waals surface area contributed by atoms with E-state index in [1.54, 1.807) is 0 Å². The first-order chi connectivity index (χ1) is 13.8. The Morgan fingerprint density at radius 1 is 0.966 bits per heavy atom. The Morgan fingerprint density at radius 2 is 1.55 bits per heavy atom. The number of hydrogen-bond acceptors (Lipinski definition) is 3. The normalized spacial score (nSPS) is 27.4. The Bertz CT molecular complexity index is 849. The van der Waals surface area contributed by atoms with Gasteiger partial charge in [-0.1, -0.05) is 39.0 Å². The molecule has 1 spiro atoms. The molecule has 4 heteroatoms. The SMILES string of the molecule is CC1SC2(CCC(C(C)(C)C)CC2)N(c2ccc(Oc3ccccc3)cc2)C1=O. The molecule has 1 unspecified atom stereocenters. The third kappa shape index (κ3) is 4.05. The van der Waals surface area contributed by atoms with E-state index in [0.717, 1.165) is 35.9 Å². The van der Waals surface area contributed by atoms with Crippen LogP contribution in [0.1, 0.15) is 53.4 Å². The fraction of sp³-hybridized carbons (Fsp3) is 0.480. The smallest absolute Gasteiger partial charge is 0.241 e. The van der Waals surface area contributed by atoms with E-state index >= 15 is 0 Å². The molecule has 1 amide bonds. The number of anilines is 1. The van der Waals surface area contributed by atoms with Crippen LogP contribution in [-0.2, 0) is 4.79 Å². The highest BCUT2D eigenvalue weighted by molar-refractivity contribution is 8.02. The highest BCUT2D eigenvalue weighted by atomic mass is 32.2. The fourth-order valence-electron chi connectivity index (χ4n) is 4.74. The topological polar surface area (TPSA) is 29.5 Å². The number of nitrogens with zero attached hydrogens (tertiary/aromatic N) is 1. The number of hydrogen-bond donors (Lipinski definition) is 0. The molecule has 0 N–H and O–H groups in total. The van der Waals surface area contributed by atoms with Gasteiger partial charge in [0.2, 0.25) is 5.91 Å². The van der Waals surface area contributed by atoms with Gasteiger partial charge in [-0.05, 0) is 80.3 Å². The van der Waals surface area contributed by atoms with Gasteiger partial charge >= 0.3 is 0 Å². The second-order valence-electron chi connectivity index (χ2n) is 9.43. The zero-order valence-electron chi connectivity index (χ0n) is 17.9. The Morgan fingerprint density at radius 3 is 2.14 bits per heavy atom. The largest absolute Gasteiger partial charge is 0.457 e.